The molecule has 4 atom stereocenters. The molecule has 0 spiro atoms. The predicted molar refractivity (Wildman–Crippen MR) is 115 cm³/mol. The summed E-state index contributed by atoms with van der Waals surface area (Å²) in [6.07, 6.45) is -0.766. The molecule has 0 aliphatic carbocycles. The Morgan fingerprint density at radius 1 is 1.30 bits per heavy atom. The minimum Gasteiger partial charge on any atom is -0.469 e. The van der Waals surface area contributed by atoms with Gasteiger partial charge in [-0.05, 0) is 23.1 Å². The lowest BCUT2D eigenvalue weighted by Gasteiger charge is -2.33. The van der Waals surface area contributed by atoms with Crippen LogP contribution in [0.25, 0.3) is 0 Å². The van der Waals surface area contributed by atoms with Crippen molar-refractivity contribution in [1.29, 1.82) is 0 Å². The van der Waals surface area contributed by atoms with Gasteiger partial charge < -0.3 is 25.8 Å². The predicted octanol–water partition coefficient (Wildman–Crippen LogP) is 1.50. The van der Waals surface area contributed by atoms with Crippen LogP contribution in [-0.2, 0) is 19.1 Å². The van der Waals surface area contributed by atoms with Crippen molar-refractivity contribution in [3.63, 3.8) is 0 Å². The Kier molecular flexibility index (Phi) is 8.01. The van der Waals surface area contributed by atoms with E-state index < -0.39 is 41.5 Å². The van der Waals surface area contributed by atoms with Gasteiger partial charge in [-0.15, -0.1) is 0 Å². The molecule has 9 heteroatoms. The minimum atomic E-state index is -0.864. The van der Waals surface area contributed by atoms with Gasteiger partial charge in [-0.25, -0.2) is 0 Å². The van der Waals surface area contributed by atoms with E-state index in [1.165, 1.54) is 12.0 Å². The molecule has 1 aromatic carbocycles. The maximum absolute atomic E-state index is 13.1. The van der Waals surface area contributed by atoms with Crippen molar-refractivity contribution in [2.24, 2.45) is 11.1 Å². The topological polar surface area (TPSA) is 122 Å². The van der Waals surface area contributed by atoms with Crippen LogP contribution in [0, 0.1) is 5.41 Å². The molecule has 0 bridgehead atoms. The molecule has 30 heavy (non-hydrogen) atoms. The molecule has 1 heterocycles. The second-order valence-corrected chi connectivity index (χ2v) is 9.55. The number of aliphatic hydroxyl groups excluding tert-OH is 1. The van der Waals surface area contributed by atoms with Gasteiger partial charge in [0.2, 0.25) is 11.8 Å². The third-order valence-electron chi connectivity index (χ3n) is 5.25. The Balaban J connectivity index is 2.22. The summed E-state index contributed by atoms with van der Waals surface area (Å²) in [7, 11) is 1.28. The monoisotopic (exact) mass is 483 g/mol. The third-order valence-corrected chi connectivity index (χ3v) is 5.78. The highest BCUT2D eigenvalue weighted by Gasteiger charge is 2.43. The van der Waals surface area contributed by atoms with Gasteiger partial charge in [-0.2, -0.15) is 0 Å². The molecular weight excluding hydrogens is 454 g/mol. The molecular formula is C21H30BrN3O5. The number of rotatable bonds is 6. The quantitative estimate of drug-likeness (QED) is 0.527. The van der Waals surface area contributed by atoms with Crippen LogP contribution in [-0.4, -0.2) is 59.6 Å². The number of methoxy groups -OCH3 is 1. The lowest BCUT2D eigenvalue weighted by Crippen LogP contribution is -2.55. The Bertz CT molecular complexity index is 778. The lowest BCUT2D eigenvalue weighted by molar-refractivity contribution is -0.143. The molecule has 2 amide bonds. The first-order valence-electron chi connectivity index (χ1n) is 9.80. The summed E-state index contributed by atoms with van der Waals surface area (Å²) in [5, 5.41) is 13.0. The summed E-state index contributed by atoms with van der Waals surface area (Å²) in [5.74, 6) is -1.30. The number of amides is 2. The number of nitrogens with zero attached hydrogens (tertiary/aromatic N) is 1. The Morgan fingerprint density at radius 3 is 2.43 bits per heavy atom. The van der Waals surface area contributed by atoms with Crippen molar-refractivity contribution in [2.75, 3.05) is 13.7 Å². The zero-order valence-corrected chi connectivity index (χ0v) is 19.3. The number of esters is 1. The van der Waals surface area contributed by atoms with E-state index in [-0.39, 0.29) is 25.3 Å². The molecule has 1 aromatic rings. The molecule has 4 N–H and O–H groups in total. The van der Waals surface area contributed by atoms with Crippen LogP contribution in [0.1, 0.15) is 45.2 Å². The smallest absolute Gasteiger partial charge is 0.307 e. The minimum absolute atomic E-state index is 0.0423. The summed E-state index contributed by atoms with van der Waals surface area (Å²) in [6.45, 7) is 5.58. The maximum atomic E-state index is 13.1. The zero-order chi connectivity index (χ0) is 22.6. The normalized spacial score (nSPS) is 21.1. The molecule has 166 valence electrons. The number of carbonyl (C=O) groups excluding carboxylic acids is 3. The number of hydrogen-bond donors (Lipinski definition) is 3. The Hall–Kier alpha value is -1.97. The summed E-state index contributed by atoms with van der Waals surface area (Å²) in [6, 6.07) is 4.89. The van der Waals surface area contributed by atoms with Crippen LogP contribution >= 0.6 is 15.9 Å². The summed E-state index contributed by atoms with van der Waals surface area (Å²) in [5.41, 5.74) is 6.33. The van der Waals surface area contributed by atoms with Crippen molar-refractivity contribution >= 4 is 33.7 Å². The van der Waals surface area contributed by atoms with Crippen LogP contribution in [0.15, 0.2) is 28.7 Å². The molecule has 1 saturated heterocycles. The first-order chi connectivity index (χ1) is 13.9. The molecule has 0 unspecified atom stereocenters. The van der Waals surface area contributed by atoms with Crippen molar-refractivity contribution in [3.8, 4) is 0 Å². The lowest BCUT2D eigenvalue weighted by atomic mass is 9.86. The number of nitrogens with two attached hydrogens (primary N) is 1. The molecule has 1 fully saturated rings. The SMILES string of the molecule is COC(=O)C[C@H](NC(=O)[C@@H]1C[C@@H](O)CN1C(=O)[C@@H](N)C(C)(C)C)c1ccc(Br)cc1. The van der Waals surface area contributed by atoms with E-state index in [2.05, 4.69) is 21.2 Å². The van der Waals surface area contributed by atoms with E-state index in [0.29, 0.717) is 0 Å². The number of β-amino-alcohol motifs (C(OH)–C–C–N with tert-alkyl or cyclic N) is 1. The van der Waals surface area contributed by atoms with Gasteiger partial charge in [0.25, 0.3) is 0 Å². The van der Waals surface area contributed by atoms with E-state index in [1.807, 2.05) is 32.9 Å². The molecule has 0 aromatic heterocycles. The Labute approximate surface area is 185 Å². The highest BCUT2D eigenvalue weighted by Crippen LogP contribution is 2.26. The first kappa shape index (κ1) is 24.3. The van der Waals surface area contributed by atoms with Gasteiger partial charge >= 0.3 is 5.97 Å². The number of likely N-dealkylation sites (tertiary alicyclic amines) is 1. The fourth-order valence-electron chi connectivity index (χ4n) is 3.32. The van der Waals surface area contributed by atoms with Crippen molar-refractivity contribution in [3.05, 3.63) is 34.3 Å². The summed E-state index contributed by atoms with van der Waals surface area (Å²) < 4.78 is 5.62. The van der Waals surface area contributed by atoms with Gasteiger partial charge in [0.05, 0.1) is 31.7 Å². The van der Waals surface area contributed by atoms with Gasteiger partial charge in [0, 0.05) is 17.4 Å². The number of benzene rings is 1. The van der Waals surface area contributed by atoms with Crippen LogP contribution < -0.4 is 11.1 Å². The second kappa shape index (κ2) is 9.89. The largest absolute Gasteiger partial charge is 0.469 e. The second-order valence-electron chi connectivity index (χ2n) is 8.63. The van der Waals surface area contributed by atoms with E-state index >= 15 is 0 Å². The van der Waals surface area contributed by atoms with E-state index in [9.17, 15) is 19.5 Å². The van der Waals surface area contributed by atoms with Crippen LogP contribution in [0.2, 0.25) is 0 Å². The highest BCUT2D eigenvalue weighted by atomic mass is 79.9. The van der Waals surface area contributed by atoms with Gasteiger partial charge in [0.1, 0.15) is 6.04 Å². The number of nitrogens with one attached hydrogen (secondary N) is 1. The molecule has 1 aliphatic heterocycles. The van der Waals surface area contributed by atoms with Crippen molar-refractivity contribution in [2.45, 2.75) is 57.8 Å². The molecule has 1 aliphatic rings. The third kappa shape index (κ3) is 6.02. The van der Waals surface area contributed by atoms with Crippen LogP contribution in [0.5, 0.6) is 0 Å². The highest BCUT2D eigenvalue weighted by molar-refractivity contribution is 9.10. The average Bonchev–Trinajstić information content (AvgIpc) is 3.07. The van der Waals surface area contributed by atoms with Crippen LogP contribution in [0.3, 0.4) is 0 Å². The average molecular weight is 484 g/mol. The first-order valence-corrected chi connectivity index (χ1v) is 10.6. The number of halogens is 1. The van der Waals surface area contributed by atoms with Crippen molar-refractivity contribution < 1.29 is 24.2 Å². The fraction of sp³-hybridized carbons (Fsp3) is 0.571. The number of ether oxygens (including phenoxy) is 1. The molecule has 0 saturated carbocycles. The summed E-state index contributed by atoms with van der Waals surface area (Å²) in [4.78, 5) is 39.2. The van der Waals surface area contributed by atoms with E-state index in [1.54, 1.807) is 12.1 Å². The van der Waals surface area contributed by atoms with Gasteiger partial charge in [-0.1, -0.05) is 48.8 Å². The standard InChI is InChI=1S/C21H30BrN3O5/c1-21(2,3)18(23)20(29)25-11-14(26)9-16(25)19(28)24-15(10-17(27)30-4)12-5-7-13(22)8-6-12/h5-8,14-16,18,26H,9-11,23H2,1-4H3,(H,24,28)/t14-,15+,16+,18-/m1/s1. The number of hydrogen-bond acceptors (Lipinski definition) is 6. The van der Waals surface area contributed by atoms with Gasteiger partial charge in [0.15, 0.2) is 0 Å². The molecule has 2 rings (SSSR count). The van der Waals surface area contributed by atoms with Gasteiger partial charge in [-0.3, -0.25) is 14.4 Å². The van der Waals surface area contributed by atoms with Crippen molar-refractivity contribution in [1.82, 2.24) is 10.2 Å². The Morgan fingerprint density at radius 2 is 1.90 bits per heavy atom. The molecule has 0 radical (unpaired) electrons. The van der Waals surface area contributed by atoms with Crippen LogP contribution in [0.4, 0.5) is 0 Å². The van der Waals surface area contributed by atoms with E-state index in [0.717, 1.165) is 10.0 Å². The fourth-order valence-corrected chi connectivity index (χ4v) is 3.58. The molecule has 8 nitrogen and oxygen atoms in total. The maximum Gasteiger partial charge on any atom is 0.307 e. The number of carbonyl (C=O) groups is 3. The summed E-state index contributed by atoms with van der Waals surface area (Å²) >= 11 is 3.36. The number of aliphatic hydroxyl groups is 1. The van der Waals surface area contributed by atoms with E-state index in [4.69, 9.17) is 10.5 Å². The zero-order valence-electron chi connectivity index (χ0n) is 17.7.